The van der Waals surface area contributed by atoms with Gasteiger partial charge in [-0.1, -0.05) is 19.1 Å². The Hall–Kier alpha value is -1.47. The maximum absolute atomic E-state index is 13.4. The van der Waals surface area contributed by atoms with Crippen LogP contribution in [-0.4, -0.2) is 44.1 Å². The van der Waals surface area contributed by atoms with E-state index in [0.29, 0.717) is 25.8 Å². The van der Waals surface area contributed by atoms with Crippen molar-refractivity contribution in [2.75, 3.05) is 18.8 Å². The zero-order valence-electron chi connectivity index (χ0n) is 14.0. The predicted octanol–water partition coefficient (Wildman–Crippen LogP) is 2.08. The molecule has 1 atom stereocenters. The van der Waals surface area contributed by atoms with E-state index in [1.54, 1.807) is 24.0 Å². The lowest BCUT2D eigenvalue weighted by atomic mass is 10.0. The van der Waals surface area contributed by atoms with Crippen LogP contribution in [0.1, 0.15) is 38.2 Å². The molecule has 0 aromatic heterocycles. The van der Waals surface area contributed by atoms with Crippen molar-refractivity contribution in [3.8, 4) is 0 Å². The molecule has 0 unspecified atom stereocenters. The van der Waals surface area contributed by atoms with Crippen LogP contribution in [0.3, 0.4) is 0 Å². The number of amides is 1. The Kier molecular flexibility index (Phi) is 6.74. The fourth-order valence-corrected chi connectivity index (χ4v) is 4.13. The maximum Gasteiger partial charge on any atom is 0.222 e. The van der Waals surface area contributed by atoms with Gasteiger partial charge in [-0.05, 0) is 43.4 Å². The highest BCUT2D eigenvalue weighted by molar-refractivity contribution is 7.89. The molecule has 24 heavy (non-hydrogen) atoms. The summed E-state index contributed by atoms with van der Waals surface area (Å²) in [6.45, 7) is 2.58. The summed E-state index contributed by atoms with van der Waals surface area (Å²) in [5, 5.41) is 0. The van der Waals surface area contributed by atoms with E-state index >= 15 is 0 Å². The van der Waals surface area contributed by atoms with Crippen molar-refractivity contribution in [1.29, 1.82) is 0 Å². The van der Waals surface area contributed by atoms with E-state index in [4.69, 9.17) is 0 Å². The number of hydrogen-bond acceptors (Lipinski definition) is 3. The minimum Gasteiger partial charge on any atom is -0.338 e. The lowest BCUT2D eigenvalue weighted by molar-refractivity contribution is -0.135. The van der Waals surface area contributed by atoms with E-state index < -0.39 is 10.0 Å². The molecule has 1 aliphatic heterocycles. The van der Waals surface area contributed by atoms with Crippen LogP contribution in [0.4, 0.5) is 4.39 Å². The largest absolute Gasteiger partial charge is 0.338 e. The molecule has 0 spiro atoms. The van der Waals surface area contributed by atoms with E-state index in [-0.39, 0.29) is 30.1 Å². The zero-order chi connectivity index (χ0) is 17.6. The summed E-state index contributed by atoms with van der Waals surface area (Å²) in [6.07, 6.45) is 3.22. The van der Waals surface area contributed by atoms with Gasteiger partial charge >= 0.3 is 0 Å². The summed E-state index contributed by atoms with van der Waals surface area (Å²) in [6, 6.07) is 5.92. The van der Waals surface area contributed by atoms with E-state index in [1.165, 1.54) is 12.1 Å². The minimum absolute atomic E-state index is 0.0392. The van der Waals surface area contributed by atoms with Gasteiger partial charge in [0.25, 0.3) is 0 Å². The van der Waals surface area contributed by atoms with E-state index in [9.17, 15) is 17.6 Å². The fraction of sp³-hybridized carbons (Fsp3) is 0.588. The third-order valence-electron chi connectivity index (χ3n) is 4.17. The molecule has 1 N–H and O–H groups in total. The van der Waals surface area contributed by atoms with Crippen LogP contribution in [-0.2, 0) is 21.2 Å². The van der Waals surface area contributed by atoms with E-state index in [2.05, 4.69) is 4.72 Å². The Morgan fingerprint density at radius 3 is 2.79 bits per heavy atom. The topological polar surface area (TPSA) is 66.5 Å². The first-order valence-corrected chi connectivity index (χ1v) is 10.1. The van der Waals surface area contributed by atoms with Crippen molar-refractivity contribution in [1.82, 2.24) is 9.62 Å². The highest BCUT2D eigenvalue weighted by atomic mass is 32.2. The van der Waals surface area contributed by atoms with Crippen molar-refractivity contribution in [3.63, 3.8) is 0 Å². The van der Waals surface area contributed by atoms with Gasteiger partial charge in [-0.2, -0.15) is 0 Å². The van der Waals surface area contributed by atoms with Gasteiger partial charge < -0.3 is 4.90 Å². The number of likely N-dealkylation sites (tertiary alicyclic amines) is 1. The van der Waals surface area contributed by atoms with Crippen LogP contribution in [0.15, 0.2) is 24.3 Å². The highest BCUT2D eigenvalue weighted by Crippen LogP contribution is 2.17. The number of piperidine rings is 1. The first-order valence-electron chi connectivity index (χ1n) is 8.42. The van der Waals surface area contributed by atoms with Crippen molar-refractivity contribution in [3.05, 3.63) is 35.6 Å². The molecule has 2 rings (SSSR count). The number of rotatable bonds is 8. The molecule has 134 valence electrons. The van der Waals surface area contributed by atoms with Gasteiger partial charge in [-0.3, -0.25) is 4.79 Å². The monoisotopic (exact) mass is 356 g/mol. The van der Waals surface area contributed by atoms with Crippen LogP contribution < -0.4 is 4.72 Å². The molecule has 1 saturated heterocycles. The van der Waals surface area contributed by atoms with Gasteiger partial charge in [-0.15, -0.1) is 0 Å². The average molecular weight is 356 g/mol. The lowest BCUT2D eigenvalue weighted by Crippen LogP contribution is -2.50. The Morgan fingerprint density at radius 2 is 2.12 bits per heavy atom. The zero-order valence-corrected chi connectivity index (χ0v) is 14.8. The quantitative estimate of drug-likeness (QED) is 0.775. The molecule has 0 radical (unpaired) electrons. The van der Waals surface area contributed by atoms with E-state index in [0.717, 1.165) is 18.4 Å². The molecule has 7 heteroatoms. The standard InChI is InChI=1S/C17H25FN2O3S/c1-2-10-24(22,23)19-13-16(20-9-4-3-8-17(20)21)12-14-6-5-7-15(18)11-14/h5-7,11,16,19H,2-4,8-10,12-13H2,1H3/t16-/m0/s1. The molecule has 1 fully saturated rings. The molecule has 0 bridgehead atoms. The van der Waals surface area contributed by atoms with Crippen LogP contribution in [0.2, 0.25) is 0 Å². The second-order valence-corrected chi connectivity index (χ2v) is 8.13. The molecule has 0 aliphatic carbocycles. The van der Waals surface area contributed by atoms with Gasteiger partial charge in [0.15, 0.2) is 0 Å². The number of carbonyl (C=O) groups excluding carboxylic acids is 1. The van der Waals surface area contributed by atoms with Crippen LogP contribution in [0.25, 0.3) is 0 Å². The number of nitrogens with zero attached hydrogens (tertiary/aromatic N) is 1. The Labute approximate surface area is 143 Å². The first kappa shape index (κ1) is 18.9. The van der Waals surface area contributed by atoms with E-state index in [1.807, 2.05) is 0 Å². The lowest BCUT2D eigenvalue weighted by Gasteiger charge is -2.35. The summed E-state index contributed by atoms with van der Waals surface area (Å²) < 4.78 is 39.9. The fourth-order valence-electron chi connectivity index (χ4n) is 3.01. The predicted molar refractivity (Wildman–Crippen MR) is 91.5 cm³/mol. The van der Waals surface area contributed by atoms with Crippen LogP contribution >= 0.6 is 0 Å². The number of nitrogens with one attached hydrogen (secondary N) is 1. The molecule has 1 aromatic carbocycles. The summed E-state index contributed by atoms with van der Waals surface area (Å²) in [5.41, 5.74) is 0.757. The number of halogens is 1. The van der Waals surface area contributed by atoms with Crippen LogP contribution in [0.5, 0.6) is 0 Å². The SMILES string of the molecule is CCCS(=O)(=O)NC[C@H](Cc1cccc(F)c1)N1CCCCC1=O. The second-order valence-electron chi connectivity index (χ2n) is 6.20. The average Bonchev–Trinajstić information content (AvgIpc) is 2.52. The number of carbonyl (C=O) groups is 1. The normalized spacial score (nSPS) is 17.1. The maximum atomic E-state index is 13.4. The Balaban J connectivity index is 2.13. The van der Waals surface area contributed by atoms with Gasteiger partial charge in [0.1, 0.15) is 5.82 Å². The highest BCUT2D eigenvalue weighted by Gasteiger charge is 2.27. The second kappa shape index (κ2) is 8.58. The van der Waals surface area contributed by atoms with Gasteiger partial charge in [0, 0.05) is 25.6 Å². The number of benzene rings is 1. The van der Waals surface area contributed by atoms with Crippen molar-refractivity contribution < 1.29 is 17.6 Å². The first-order chi connectivity index (χ1) is 11.4. The van der Waals surface area contributed by atoms with Gasteiger partial charge in [0.2, 0.25) is 15.9 Å². The van der Waals surface area contributed by atoms with Crippen molar-refractivity contribution >= 4 is 15.9 Å². The molecular weight excluding hydrogens is 331 g/mol. The molecule has 5 nitrogen and oxygen atoms in total. The van der Waals surface area contributed by atoms with Crippen molar-refractivity contribution in [2.45, 2.75) is 45.1 Å². The minimum atomic E-state index is -3.35. The summed E-state index contributed by atoms with van der Waals surface area (Å²) in [5.74, 6) is -0.228. The molecular formula is C17H25FN2O3S. The summed E-state index contributed by atoms with van der Waals surface area (Å²) in [7, 11) is -3.35. The Bertz CT molecular complexity index is 664. The van der Waals surface area contributed by atoms with Crippen molar-refractivity contribution in [2.24, 2.45) is 0 Å². The molecule has 1 aliphatic rings. The molecule has 1 amide bonds. The summed E-state index contributed by atoms with van der Waals surface area (Å²) >= 11 is 0. The third kappa shape index (κ3) is 5.56. The third-order valence-corrected chi connectivity index (χ3v) is 5.73. The van der Waals surface area contributed by atoms with Crippen LogP contribution in [0, 0.1) is 5.82 Å². The number of hydrogen-bond donors (Lipinski definition) is 1. The van der Waals surface area contributed by atoms with Gasteiger partial charge in [0.05, 0.1) is 5.75 Å². The Morgan fingerprint density at radius 1 is 1.33 bits per heavy atom. The smallest absolute Gasteiger partial charge is 0.222 e. The molecule has 0 saturated carbocycles. The summed E-state index contributed by atoms with van der Waals surface area (Å²) in [4.78, 5) is 14.0. The van der Waals surface area contributed by atoms with Gasteiger partial charge in [-0.25, -0.2) is 17.5 Å². The number of sulfonamides is 1. The molecule has 1 heterocycles. The molecule has 1 aromatic rings.